The highest BCUT2D eigenvalue weighted by molar-refractivity contribution is 7.15. The smallest absolute Gasteiger partial charge is 0.393 e. The molecular formula is C22H26F3N5OS. The number of hydrogen-bond donors (Lipinski definition) is 3. The van der Waals surface area contributed by atoms with Gasteiger partial charge in [0.15, 0.2) is 0 Å². The maximum Gasteiger partial charge on any atom is 0.433 e. The molecule has 0 aliphatic heterocycles. The van der Waals surface area contributed by atoms with E-state index in [0.29, 0.717) is 18.7 Å². The number of halogens is 3. The van der Waals surface area contributed by atoms with Gasteiger partial charge in [0.1, 0.15) is 10.7 Å². The fourth-order valence-corrected chi connectivity index (χ4v) is 4.20. The second-order valence-electron chi connectivity index (χ2n) is 8.38. The van der Waals surface area contributed by atoms with Crippen molar-refractivity contribution in [1.29, 1.82) is 0 Å². The number of hydrogen-bond acceptors (Lipinski definition) is 7. The average Bonchev–Trinajstić information content (AvgIpc) is 3.14. The van der Waals surface area contributed by atoms with Gasteiger partial charge in [0.2, 0.25) is 5.95 Å². The summed E-state index contributed by atoms with van der Waals surface area (Å²) in [5.74, 6) is -0.120. The summed E-state index contributed by atoms with van der Waals surface area (Å²) in [7, 11) is 0. The maximum absolute atomic E-state index is 12.9. The summed E-state index contributed by atoms with van der Waals surface area (Å²) in [6, 6.07) is 6.47. The van der Waals surface area contributed by atoms with Crippen LogP contribution in [0.4, 0.5) is 24.8 Å². The number of aromatic nitrogens is 3. The highest BCUT2D eigenvalue weighted by Crippen LogP contribution is 2.31. The molecule has 10 heteroatoms. The van der Waals surface area contributed by atoms with E-state index in [1.807, 2.05) is 39.0 Å². The Bertz CT molecular complexity index is 1070. The second-order valence-corrected chi connectivity index (χ2v) is 9.50. The van der Waals surface area contributed by atoms with E-state index < -0.39 is 18.0 Å². The van der Waals surface area contributed by atoms with Crippen LogP contribution < -0.4 is 10.6 Å². The summed E-state index contributed by atoms with van der Waals surface area (Å²) < 4.78 is 38.7. The highest BCUT2D eigenvalue weighted by Gasteiger charge is 2.32. The molecule has 2 aromatic heterocycles. The average molecular weight is 466 g/mol. The number of anilines is 2. The van der Waals surface area contributed by atoms with Crippen LogP contribution in [0.25, 0.3) is 10.4 Å². The number of aliphatic hydroxyl groups excluding tert-OH is 1. The third kappa shape index (κ3) is 6.72. The van der Waals surface area contributed by atoms with Gasteiger partial charge in [0.25, 0.3) is 0 Å². The Hall–Kier alpha value is -2.56. The van der Waals surface area contributed by atoms with Crippen LogP contribution in [0.5, 0.6) is 0 Å². The lowest BCUT2D eigenvalue weighted by Gasteiger charge is -2.27. The van der Waals surface area contributed by atoms with Crippen LogP contribution in [0.15, 0.2) is 36.7 Å². The molecule has 6 nitrogen and oxygen atoms in total. The third-order valence-corrected chi connectivity index (χ3v) is 5.69. The Kier molecular flexibility index (Phi) is 7.16. The Balaban J connectivity index is 1.75. The standard InChI is InChI=1S/C22H26F3N5OS/c1-13-7-15(17-11-27-19(32-17)12-28-21(3,4)10-14(2)31)9-16(8-13)29-20-26-6-5-18(30-20)22(23,24)25/h5-9,11,14,28,31H,10,12H2,1-4H3,(H,26,29,30). The van der Waals surface area contributed by atoms with Crippen LogP contribution in [-0.2, 0) is 12.7 Å². The molecule has 0 saturated heterocycles. The van der Waals surface area contributed by atoms with Gasteiger partial charge in [-0.1, -0.05) is 6.07 Å². The van der Waals surface area contributed by atoms with Gasteiger partial charge in [-0.05, 0) is 63.4 Å². The van der Waals surface area contributed by atoms with Gasteiger partial charge in [0, 0.05) is 30.2 Å². The quantitative estimate of drug-likeness (QED) is 0.418. The first-order chi connectivity index (χ1) is 14.9. The van der Waals surface area contributed by atoms with Crippen LogP contribution in [0, 0.1) is 6.92 Å². The number of nitrogens with one attached hydrogen (secondary N) is 2. The summed E-state index contributed by atoms with van der Waals surface area (Å²) in [6.07, 6.45) is -1.45. The number of benzene rings is 1. The molecule has 0 bridgehead atoms. The van der Waals surface area contributed by atoms with Gasteiger partial charge < -0.3 is 15.7 Å². The number of alkyl halides is 3. The van der Waals surface area contributed by atoms with E-state index in [2.05, 4.69) is 25.6 Å². The first-order valence-corrected chi connectivity index (χ1v) is 10.9. The number of thiazole rings is 1. The zero-order chi connectivity index (χ0) is 23.5. The molecule has 1 atom stereocenters. The van der Waals surface area contributed by atoms with Crippen LogP contribution in [0.2, 0.25) is 0 Å². The molecule has 0 spiro atoms. The molecule has 1 unspecified atom stereocenters. The normalized spacial score (nSPS) is 13.2. The maximum atomic E-state index is 12.9. The molecule has 0 amide bonds. The van der Waals surface area contributed by atoms with Crippen LogP contribution in [0.3, 0.4) is 0 Å². The Morgan fingerprint density at radius 2 is 1.91 bits per heavy atom. The van der Waals surface area contributed by atoms with Gasteiger partial charge in [-0.15, -0.1) is 11.3 Å². The van der Waals surface area contributed by atoms with Crippen LogP contribution in [-0.4, -0.2) is 31.7 Å². The largest absolute Gasteiger partial charge is 0.433 e. The molecule has 0 aliphatic carbocycles. The lowest BCUT2D eigenvalue weighted by molar-refractivity contribution is -0.141. The summed E-state index contributed by atoms with van der Waals surface area (Å²) in [5.41, 5.74) is 1.19. The van der Waals surface area contributed by atoms with Crippen molar-refractivity contribution in [2.45, 2.75) is 58.5 Å². The molecule has 172 valence electrons. The lowest BCUT2D eigenvalue weighted by atomic mass is 9.97. The van der Waals surface area contributed by atoms with E-state index in [4.69, 9.17) is 0 Å². The fraction of sp³-hybridized carbons (Fsp3) is 0.409. The minimum absolute atomic E-state index is 0.120. The van der Waals surface area contributed by atoms with Crippen molar-refractivity contribution in [2.75, 3.05) is 5.32 Å². The molecule has 0 saturated carbocycles. The fourth-order valence-electron chi connectivity index (χ4n) is 3.35. The van der Waals surface area contributed by atoms with Crippen molar-refractivity contribution < 1.29 is 18.3 Å². The summed E-state index contributed by atoms with van der Waals surface area (Å²) in [4.78, 5) is 12.9. The minimum Gasteiger partial charge on any atom is -0.393 e. The minimum atomic E-state index is -4.53. The van der Waals surface area contributed by atoms with Crippen molar-refractivity contribution >= 4 is 23.0 Å². The SMILES string of the molecule is Cc1cc(Nc2nccc(C(F)(F)F)n2)cc(-c2cnc(CNC(C)(C)CC(C)O)s2)c1. The first-order valence-electron chi connectivity index (χ1n) is 10.1. The monoisotopic (exact) mass is 465 g/mol. The van der Waals surface area contributed by atoms with Gasteiger partial charge in [-0.25, -0.2) is 15.0 Å². The Morgan fingerprint density at radius 1 is 1.16 bits per heavy atom. The molecule has 3 N–H and O–H groups in total. The number of nitrogens with zero attached hydrogens (tertiary/aromatic N) is 3. The van der Waals surface area contributed by atoms with Crippen LogP contribution >= 0.6 is 11.3 Å². The lowest BCUT2D eigenvalue weighted by Crippen LogP contribution is -2.41. The Labute approximate surface area is 189 Å². The van der Waals surface area contributed by atoms with E-state index in [1.165, 1.54) is 11.3 Å². The van der Waals surface area contributed by atoms with Crippen molar-refractivity contribution in [2.24, 2.45) is 0 Å². The van der Waals surface area contributed by atoms with E-state index in [0.717, 1.165) is 33.3 Å². The summed E-state index contributed by atoms with van der Waals surface area (Å²) >= 11 is 1.53. The van der Waals surface area contributed by atoms with Crippen molar-refractivity contribution in [3.05, 3.63) is 52.9 Å². The van der Waals surface area contributed by atoms with Gasteiger partial charge in [0.05, 0.1) is 11.0 Å². The van der Waals surface area contributed by atoms with Crippen molar-refractivity contribution in [1.82, 2.24) is 20.3 Å². The molecule has 0 fully saturated rings. The van der Waals surface area contributed by atoms with E-state index in [-0.39, 0.29) is 11.5 Å². The summed E-state index contributed by atoms with van der Waals surface area (Å²) in [6.45, 7) is 8.30. The number of rotatable bonds is 8. The molecule has 3 rings (SSSR count). The molecular weight excluding hydrogens is 439 g/mol. The first kappa shape index (κ1) is 24.1. The Morgan fingerprint density at radius 3 is 2.59 bits per heavy atom. The van der Waals surface area contributed by atoms with Gasteiger partial charge >= 0.3 is 6.18 Å². The zero-order valence-corrected chi connectivity index (χ0v) is 19.1. The molecule has 32 heavy (non-hydrogen) atoms. The van der Waals surface area contributed by atoms with E-state index >= 15 is 0 Å². The molecule has 2 heterocycles. The predicted octanol–water partition coefficient (Wildman–Crippen LogP) is 5.31. The molecule has 1 aromatic carbocycles. The topological polar surface area (TPSA) is 83.0 Å². The number of aryl methyl sites for hydroxylation is 1. The van der Waals surface area contributed by atoms with E-state index in [1.54, 1.807) is 13.1 Å². The highest BCUT2D eigenvalue weighted by atomic mass is 32.1. The molecule has 3 aromatic rings. The number of aliphatic hydroxyl groups is 1. The zero-order valence-electron chi connectivity index (χ0n) is 18.3. The van der Waals surface area contributed by atoms with Crippen LogP contribution in [0.1, 0.15) is 43.5 Å². The summed E-state index contributed by atoms with van der Waals surface area (Å²) in [5, 5.41) is 16.8. The molecule has 0 aliphatic rings. The van der Waals surface area contributed by atoms with Crippen molar-refractivity contribution in [3.63, 3.8) is 0 Å². The van der Waals surface area contributed by atoms with Gasteiger partial charge in [-0.2, -0.15) is 13.2 Å². The predicted molar refractivity (Wildman–Crippen MR) is 120 cm³/mol. The third-order valence-electron chi connectivity index (χ3n) is 4.64. The molecule has 0 radical (unpaired) electrons. The van der Waals surface area contributed by atoms with Crippen molar-refractivity contribution in [3.8, 4) is 10.4 Å². The van der Waals surface area contributed by atoms with Gasteiger partial charge in [-0.3, -0.25) is 0 Å². The second kappa shape index (κ2) is 9.51. The van der Waals surface area contributed by atoms with E-state index in [9.17, 15) is 18.3 Å².